The molecule has 2 aromatic rings. The third kappa shape index (κ3) is 3.90. The molecule has 0 spiro atoms. The van der Waals surface area contributed by atoms with Crippen LogP contribution >= 0.6 is 23.0 Å². The summed E-state index contributed by atoms with van der Waals surface area (Å²) in [6.45, 7) is 0.275. The summed E-state index contributed by atoms with van der Waals surface area (Å²) in [6.07, 6.45) is 0. The molecule has 0 aliphatic heterocycles. The number of carbonyl (C=O) groups is 1. The predicted molar refractivity (Wildman–Crippen MR) is 98.5 cm³/mol. The van der Waals surface area contributed by atoms with Crippen molar-refractivity contribution in [2.75, 3.05) is 21.3 Å². The number of hydrogen-bond acceptors (Lipinski definition) is 7. The van der Waals surface area contributed by atoms with Gasteiger partial charge in [0.15, 0.2) is 46.0 Å². The van der Waals surface area contributed by atoms with Crippen molar-refractivity contribution in [2.24, 2.45) is 0 Å². The Hall–Kier alpha value is -2.20. The van der Waals surface area contributed by atoms with Gasteiger partial charge in [-0.25, -0.2) is 4.79 Å². The molecule has 0 unspecified atom stereocenters. The number of aromatic hydroxyl groups is 2. The van der Waals surface area contributed by atoms with E-state index >= 15 is 0 Å². The average Bonchev–Trinajstić information content (AvgIpc) is 2.62. The number of methoxy groups -OCH3 is 3. The van der Waals surface area contributed by atoms with E-state index in [9.17, 15) is 15.0 Å². The van der Waals surface area contributed by atoms with Gasteiger partial charge in [-0.2, -0.15) is 0 Å². The quantitative estimate of drug-likeness (QED) is 0.504. The molecule has 0 atom stereocenters. The lowest BCUT2D eigenvalue weighted by Crippen LogP contribution is -2.02. The number of benzene rings is 2. The summed E-state index contributed by atoms with van der Waals surface area (Å²) < 4.78 is 20.1. The lowest BCUT2D eigenvalue weighted by Gasteiger charge is -2.15. The van der Waals surface area contributed by atoms with Crippen LogP contribution in [0, 0.1) is 0 Å². The minimum Gasteiger partial charge on any atom is -0.504 e. The summed E-state index contributed by atoms with van der Waals surface area (Å²) in [7, 11) is 4.20. The van der Waals surface area contributed by atoms with Crippen LogP contribution in [0.2, 0.25) is 0 Å². The number of rotatable bonds is 6. The topological polar surface area (TPSA) is 94.5 Å². The van der Waals surface area contributed by atoms with Gasteiger partial charge in [0.25, 0.3) is 0 Å². The highest BCUT2D eigenvalue weighted by molar-refractivity contribution is 14.1. The molecule has 0 fully saturated rings. The van der Waals surface area contributed by atoms with Crippen molar-refractivity contribution >= 4 is 29.0 Å². The van der Waals surface area contributed by atoms with E-state index in [2.05, 4.69) is 0 Å². The molecule has 0 aromatic heterocycles. The molecule has 7 nitrogen and oxygen atoms in total. The molecule has 2 N–H and O–H groups in total. The zero-order valence-corrected chi connectivity index (χ0v) is 16.0. The Morgan fingerprint density at radius 2 is 1.64 bits per heavy atom. The Bertz CT molecular complexity index is 789. The summed E-state index contributed by atoms with van der Waals surface area (Å²) in [5.41, 5.74) is 1.34. The van der Waals surface area contributed by atoms with Crippen LogP contribution in [0.3, 0.4) is 0 Å². The van der Waals surface area contributed by atoms with Gasteiger partial charge in [0.2, 0.25) is 0 Å². The maximum Gasteiger partial charge on any atom is 0.338 e. The molecule has 0 saturated heterocycles. The lowest BCUT2D eigenvalue weighted by molar-refractivity contribution is 0.0600. The van der Waals surface area contributed by atoms with Crippen LogP contribution in [-0.2, 0) is 16.1 Å². The predicted octanol–water partition coefficient (Wildman–Crippen LogP) is 3.44. The van der Waals surface area contributed by atoms with E-state index in [-0.39, 0.29) is 46.3 Å². The van der Waals surface area contributed by atoms with Crippen molar-refractivity contribution < 1.29 is 32.3 Å². The van der Waals surface area contributed by atoms with E-state index in [0.717, 1.165) is 0 Å². The summed E-state index contributed by atoms with van der Waals surface area (Å²) in [5, 5.41) is 20.9. The maximum atomic E-state index is 11.9. The first-order valence-corrected chi connectivity index (χ1v) is 7.98. The van der Waals surface area contributed by atoms with Gasteiger partial charge in [-0.05, 0) is 29.8 Å². The van der Waals surface area contributed by atoms with Gasteiger partial charge in [-0.1, -0.05) is 0 Å². The summed E-state index contributed by atoms with van der Waals surface area (Å²) >= 11 is 1.59. The van der Waals surface area contributed by atoms with Crippen LogP contribution in [0.5, 0.6) is 23.0 Å². The van der Waals surface area contributed by atoms with Crippen molar-refractivity contribution in [3.63, 3.8) is 0 Å². The van der Waals surface area contributed by atoms with Crippen LogP contribution in [0.15, 0.2) is 24.3 Å². The minimum absolute atomic E-state index is 0.0639. The van der Waals surface area contributed by atoms with Crippen molar-refractivity contribution in [3.05, 3.63) is 35.4 Å². The second kappa shape index (κ2) is 8.26. The number of esters is 1. The number of carbonyl (C=O) groups excluding carboxylic acids is 1. The standard InChI is InChI=1S/C17H17IO7/c1-22-8-9-4-11(15(19)13(5-9)23-2)12-6-10(17(21)24-3)7-14(25-18)16(12)20/h4-7,19-20H,8H2,1-3H3. The Morgan fingerprint density at radius 1 is 1.00 bits per heavy atom. The largest absolute Gasteiger partial charge is 0.504 e. The Balaban J connectivity index is 2.75. The molecule has 8 heteroatoms. The molecule has 0 saturated carbocycles. The third-order valence-corrected chi connectivity index (χ3v) is 4.01. The van der Waals surface area contributed by atoms with Crippen LogP contribution in [-0.4, -0.2) is 37.5 Å². The smallest absolute Gasteiger partial charge is 0.338 e. The molecule has 2 rings (SSSR count). The third-order valence-electron chi connectivity index (χ3n) is 3.53. The fraction of sp³-hybridized carbons (Fsp3) is 0.235. The van der Waals surface area contributed by atoms with Crippen molar-refractivity contribution in [3.8, 4) is 34.1 Å². The first-order valence-electron chi connectivity index (χ1n) is 7.09. The number of hydrogen-bond donors (Lipinski definition) is 2. The monoisotopic (exact) mass is 460 g/mol. The summed E-state index contributed by atoms with van der Waals surface area (Å²) in [6, 6.07) is 6.02. The van der Waals surface area contributed by atoms with E-state index in [0.29, 0.717) is 5.56 Å². The fourth-order valence-electron chi connectivity index (χ4n) is 2.38. The molecule has 25 heavy (non-hydrogen) atoms. The molecule has 0 aliphatic carbocycles. The van der Waals surface area contributed by atoms with Gasteiger partial charge in [-0.15, -0.1) is 0 Å². The van der Waals surface area contributed by atoms with E-state index in [1.54, 1.807) is 35.1 Å². The van der Waals surface area contributed by atoms with Crippen LogP contribution in [0.4, 0.5) is 0 Å². The molecule has 0 heterocycles. The maximum absolute atomic E-state index is 11.9. The molecule has 2 aromatic carbocycles. The van der Waals surface area contributed by atoms with Gasteiger partial charge in [0.05, 0.1) is 26.4 Å². The fourth-order valence-corrected chi connectivity index (χ4v) is 2.72. The lowest BCUT2D eigenvalue weighted by atomic mass is 9.98. The van der Waals surface area contributed by atoms with Gasteiger partial charge >= 0.3 is 5.97 Å². The van der Waals surface area contributed by atoms with Crippen LogP contribution in [0.1, 0.15) is 15.9 Å². The van der Waals surface area contributed by atoms with E-state index < -0.39 is 5.97 Å². The second-order valence-corrected chi connectivity index (χ2v) is 5.51. The molecule has 0 amide bonds. The van der Waals surface area contributed by atoms with Gasteiger partial charge in [0.1, 0.15) is 0 Å². The van der Waals surface area contributed by atoms with Gasteiger partial charge in [-0.3, -0.25) is 0 Å². The summed E-state index contributed by atoms with van der Waals surface area (Å²) in [4.78, 5) is 11.9. The second-order valence-electron chi connectivity index (χ2n) is 5.07. The van der Waals surface area contributed by atoms with Gasteiger partial charge in [0, 0.05) is 18.2 Å². The highest BCUT2D eigenvalue weighted by Gasteiger charge is 2.21. The van der Waals surface area contributed by atoms with Crippen LogP contribution < -0.4 is 7.80 Å². The SMILES string of the molecule is COCc1cc(OC)c(O)c(-c2cc(C(=O)OC)cc(OI)c2O)c1. The Labute approximate surface area is 158 Å². The number of phenolic OH excluding ortho intramolecular Hbond substituents is 2. The van der Waals surface area contributed by atoms with Crippen molar-refractivity contribution in [1.82, 2.24) is 0 Å². The van der Waals surface area contributed by atoms with E-state index in [1.165, 1.54) is 33.5 Å². The Kier molecular flexibility index (Phi) is 6.32. The van der Waals surface area contributed by atoms with Crippen LogP contribution in [0.25, 0.3) is 11.1 Å². The minimum atomic E-state index is -0.601. The zero-order valence-electron chi connectivity index (χ0n) is 13.8. The van der Waals surface area contributed by atoms with E-state index in [1.807, 2.05) is 0 Å². The summed E-state index contributed by atoms with van der Waals surface area (Å²) in [5.74, 6) is -0.734. The molecular weight excluding hydrogens is 443 g/mol. The average molecular weight is 460 g/mol. The number of phenols is 2. The molecule has 0 bridgehead atoms. The van der Waals surface area contributed by atoms with Crippen molar-refractivity contribution in [1.29, 1.82) is 0 Å². The highest BCUT2D eigenvalue weighted by Crippen LogP contribution is 2.46. The zero-order chi connectivity index (χ0) is 18.6. The van der Waals surface area contributed by atoms with E-state index in [4.69, 9.17) is 17.3 Å². The number of ether oxygens (including phenoxy) is 3. The number of halogens is 1. The Morgan fingerprint density at radius 3 is 2.20 bits per heavy atom. The first kappa shape index (κ1) is 19.1. The first-order chi connectivity index (χ1) is 12.0. The van der Waals surface area contributed by atoms with Gasteiger partial charge < -0.3 is 27.5 Å². The molecule has 0 aliphatic rings. The van der Waals surface area contributed by atoms with Crippen molar-refractivity contribution in [2.45, 2.75) is 6.61 Å². The highest BCUT2D eigenvalue weighted by atomic mass is 127. The molecular formula is C17H17IO7. The molecule has 134 valence electrons. The normalized spacial score (nSPS) is 10.4. The molecule has 0 radical (unpaired) electrons.